The van der Waals surface area contributed by atoms with E-state index in [2.05, 4.69) is 21.8 Å². The Balaban J connectivity index is 2.07. The van der Waals surface area contributed by atoms with Crippen LogP contribution < -0.4 is 16.6 Å². The van der Waals surface area contributed by atoms with Gasteiger partial charge in [-0.15, -0.1) is 0 Å². The molecule has 0 saturated carbocycles. The van der Waals surface area contributed by atoms with E-state index < -0.39 is 11.7 Å². The van der Waals surface area contributed by atoms with Gasteiger partial charge in [0, 0.05) is 23.6 Å². The Hall–Kier alpha value is -2.05. The van der Waals surface area contributed by atoms with Crippen LogP contribution in [0.15, 0.2) is 30.5 Å². The zero-order chi connectivity index (χ0) is 16.2. The molecule has 0 aliphatic rings. The number of nitrogens with one attached hydrogen (secondary N) is 3. The van der Waals surface area contributed by atoms with Gasteiger partial charge in [-0.3, -0.25) is 11.3 Å². The fraction of sp³-hybridized carbons (Fsp3) is 0.438. The first-order valence-corrected chi connectivity index (χ1v) is 7.37. The van der Waals surface area contributed by atoms with Crippen LogP contribution >= 0.6 is 0 Å². The average molecular weight is 304 g/mol. The molecule has 0 radical (unpaired) electrons. The lowest BCUT2D eigenvalue weighted by molar-refractivity contribution is 0.0504. The minimum Gasteiger partial charge on any atom is -0.444 e. The summed E-state index contributed by atoms with van der Waals surface area (Å²) in [7, 11) is 0. The first-order chi connectivity index (χ1) is 10.4. The predicted octanol–water partition coefficient (Wildman–Crippen LogP) is 2.07. The van der Waals surface area contributed by atoms with Gasteiger partial charge in [0.05, 0.1) is 6.04 Å². The average Bonchev–Trinajstić information content (AvgIpc) is 2.80. The van der Waals surface area contributed by atoms with Crippen LogP contribution in [0.4, 0.5) is 4.79 Å². The Labute approximate surface area is 130 Å². The highest BCUT2D eigenvalue weighted by molar-refractivity contribution is 5.83. The lowest BCUT2D eigenvalue weighted by atomic mass is 10.1. The number of ether oxygens (including phenoxy) is 1. The van der Waals surface area contributed by atoms with E-state index in [1.807, 2.05) is 45.2 Å². The molecule has 0 aliphatic heterocycles. The van der Waals surface area contributed by atoms with Crippen LogP contribution in [0.3, 0.4) is 0 Å². The molecule has 0 fully saturated rings. The Morgan fingerprint density at radius 1 is 1.36 bits per heavy atom. The van der Waals surface area contributed by atoms with Crippen molar-refractivity contribution in [1.29, 1.82) is 0 Å². The maximum Gasteiger partial charge on any atom is 0.407 e. The van der Waals surface area contributed by atoms with Crippen molar-refractivity contribution in [2.75, 3.05) is 6.54 Å². The Bertz CT molecular complexity index is 630. The number of fused-ring (bicyclic) bond motifs is 1. The van der Waals surface area contributed by atoms with Crippen LogP contribution in [0.2, 0.25) is 0 Å². The number of rotatable bonds is 5. The molecule has 1 aromatic heterocycles. The van der Waals surface area contributed by atoms with Crippen molar-refractivity contribution in [2.45, 2.75) is 38.8 Å². The summed E-state index contributed by atoms with van der Waals surface area (Å²) in [6.45, 7) is 5.96. The summed E-state index contributed by atoms with van der Waals surface area (Å²) < 4.78 is 5.29. The second-order valence-electron chi connectivity index (χ2n) is 6.32. The zero-order valence-corrected chi connectivity index (χ0v) is 13.3. The molecule has 6 nitrogen and oxygen atoms in total. The third-order valence-corrected chi connectivity index (χ3v) is 3.23. The van der Waals surface area contributed by atoms with E-state index in [0.717, 1.165) is 16.5 Å². The molecular weight excluding hydrogens is 280 g/mol. The highest BCUT2D eigenvalue weighted by Gasteiger charge is 2.20. The maximum absolute atomic E-state index is 11.9. The van der Waals surface area contributed by atoms with Gasteiger partial charge in [0.1, 0.15) is 5.60 Å². The molecule has 0 bridgehead atoms. The number of aromatic amines is 1. The van der Waals surface area contributed by atoms with Crippen molar-refractivity contribution in [2.24, 2.45) is 5.84 Å². The quantitative estimate of drug-likeness (QED) is 0.502. The van der Waals surface area contributed by atoms with E-state index in [1.165, 1.54) is 0 Å². The second-order valence-corrected chi connectivity index (χ2v) is 6.32. The maximum atomic E-state index is 11.9. The van der Waals surface area contributed by atoms with E-state index in [1.54, 1.807) is 0 Å². The lowest BCUT2D eigenvalue weighted by Crippen LogP contribution is -2.46. The Morgan fingerprint density at radius 2 is 2.09 bits per heavy atom. The van der Waals surface area contributed by atoms with Crippen LogP contribution in [0.5, 0.6) is 0 Å². The molecule has 6 heteroatoms. The molecule has 1 amide bonds. The summed E-state index contributed by atoms with van der Waals surface area (Å²) in [6, 6.07) is 7.91. The van der Waals surface area contributed by atoms with Gasteiger partial charge in [-0.1, -0.05) is 18.2 Å². The van der Waals surface area contributed by atoms with Crippen LogP contribution in [0, 0.1) is 0 Å². The molecule has 5 N–H and O–H groups in total. The normalized spacial score (nSPS) is 13.1. The van der Waals surface area contributed by atoms with Crippen molar-refractivity contribution in [3.8, 4) is 0 Å². The predicted molar refractivity (Wildman–Crippen MR) is 87.4 cm³/mol. The minimum atomic E-state index is -0.522. The van der Waals surface area contributed by atoms with Crippen molar-refractivity contribution in [1.82, 2.24) is 15.7 Å². The van der Waals surface area contributed by atoms with Crippen LogP contribution in [0.1, 0.15) is 26.3 Å². The number of amides is 1. The van der Waals surface area contributed by atoms with Gasteiger partial charge < -0.3 is 15.0 Å². The number of benzene rings is 1. The van der Waals surface area contributed by atoms with E-state index in [4.69, 9.17) is 10.6 Å². The highest BCUT2D eigenvalue weighted by atomic mass is 16.6. The number of aromatic nitrogens is 1. The molecule has 1 aromatic carbocycles. The highest BCUT2D eigenvalue weighted by Crippen LogP contribution is 2.19. The first-order valence-electron chi connectivity index (χ1n) is 7.37. The zero-order valence-electron chi connectivity index (χ0n) is 13.3. The van der Waals surface area contributed by atoms with Crippen molar-refractivity contribution in [3.63, 3.8) is 0 Å². The molecule has 0 saturated heterocycles. The number of carbonyl (C=O) groups excluding carboxylic acids is 1. The number of nitrogens with two attached hydrogens (primary N) is 1. The van der Waals surface area contributed by atoms with Crippen molar-refractivity contribution >= 4 is 17.0 Å². The van der Waals surface area contributed by atoms with Crippen molar-refractivity contribution in [3.05, 3.63) is 36.0 Å². The monoisotopic (exact) mass is 304 g/mol. The first kappa shape index (κ1) is 16.3. The molecule has 120 valence electrons. The summed E-state index contributed by atoms with van der Waals surface area (Å²) >= 11 is 0. The molecule has 0 aliphatic carbocycles. The molecule has 2 aromatic rings. The van der Waals surface area contributed by atoms with E-state index in [0.29, 0.717) is 13.0 Å². The fourth-order valence-corrected chi connectivity index (χ4v) is 2.36. The third-order valence-electron chi connectivity index (χ3n) is 3.23. The SMILES string of the molecule is CC(C)(C)OC(=O)N[C@H](CNN)Cc1c[nH]c2ccccc12. The van der Waals surface area contributed by atoms with Gasteiger partial charge in [0.15, 0.2) is 0 Å². The molecule has 22 heavy (non-hydrogen) atoms. The van der Waals surface area contributed by atoms with Crippen LogP contribution in [-0.4, -0.2) is 29.3 Å². The number of hydrogen-bond acceptors (Lipinski definition) is 4. The Kier molecular flexibility index (Phi) is 5.05. The summed E-state index contributed by atoms with van der Waals surface area (Å²) in [5.41, 5.74) is 4.30. The van der Waals surface area contributed by atoms with Gasteiger partial charge >= 0.3 is 6.09 Å². The lowest BCUT2D eigenvalue weighted by Gasteiger charge is -2.23. The largest absolute Gasteiger partial charge is 0.444 e. The fourth-order valence-electron chi connectivity index (χ4n) is 2.36. The van der Waals surface area contributed by atoms with Gasteiger partial charge in [0.2, 0.25) is 0 Å². The number of alkyl carbamates (subject to hydrolysis) is 1. The molecule has 1 atom stereocenters. The van der Waals surface area contributed by atoms with E-state index in [9.17, 15) is 4.79 Å². The van der Waals surface area contributed by atoms with Gasteiger partial charge in [-0.25, -0.2) is 4.79 Å². The Morgan fingerprint density at radius 3 is 2.77 bits per heavy atom. The summed E-state index contributed by atoms with van der Waals surface area (Å²) in [4.78, 5) is 15.2. The topological polar surface area (TPSA) is 92.2 Å². The summed E-state index contributed by atoms with van der Waals surface area (Å²) in [6.07, 6.45) is 2.19. The van der Waals surface area contributed by atoms with Crippen LogP contribution in [0.25, 0.3) is 10.9 Å². The molecule has 0 spiro atoms. The smallest absolute Gasteiger partial charge is 0.407 e. The van der Waals surface area contributed by atoms with Gasteiger partial charge in [0.25, 0.3) is 0 Å². The van der Waals surface area contributed by atoms with E-state index in [-0.39, 0.29) is 6.04 Å². The van der Waals surface area contributed by atoms with Gasteiger partial charge in [-0.05, 0) is 38.8 Å². The second kappa shape index (κ2) is 6.81. The standard InChI is InChI=1S/C16H24N4O2/c1-16(2,3)22-15(21)20-12(10-19-17)8-11-9-18-14-7-5-4-6-13(11)14/h4-7,9,12,18-19H,8,10,17H2,1-3H3,(H,20,21)/t12-/m0/s1. The van der Waals surface area contributed by atoms with E-state index >= 15 is 0 Å². The molecule has 1 heterocycles. The molecular formula is C16H24N4O2. The number of carbonyl (C=O) groups is 1. The summed E-state index contributed by atoms with van der Waals surface area (Å²) in [5, 5.41) is 4.01. The number of hydrazine groups is 1. The number of H-pyrrole nitrogens is 1. The number of para-hydroxylation sites is 1. The summed E-state index contributed by atoms with van der Waals surface area (Å²) in [5.74, 6) is 5.42. The van der Waals surface area contributed by atoms with Gasteiger partial charge in [-0.2, -0.15) is 0 Å². The minimum absolute atomic E-state index is 0.154. The van der Waals surface area contributed by atoms with Crippen LogP contribution in [-0.2, 0) is 11.2 Å². The molecule has 0 unspecified atom stereocenters. The number of hydrogen-bond donors (Lipinski definition) is 4. The third kappa shape index (κ3) is 4.47. The molecule has 2 rings (SSSR count). The van der Waals surface area contributed by atoms with Crippen molar-refractivity contribution < 1.29 is 9.53 Å².